The molecule has 1 aromatic carbocycles. The zero-order valence-electron chi connectivity index (χ0n) is 15.0. The van der Waals surface area contributed by atoms with E-state index in [0.717, 1.165) is 17.2 Å². The van der Waals surface area contributed by atoms with Crippen molar-refractivity contribution in [1.82, 2.24) is 9.88 Å². The fraction of sp³-hybridized carbons (Fsp3) is 0.368. The van der Waals surface area contributed by atoms with Crippen molar-refractivity contribution in [2.45, 2.75) is 13.8 Å². The second-order valence-electron chi connectivity index (χ2n) is 5.39. The van der Waals surface area contributed by atoms with Gasteiger partial charge in [0.2, 0.25) is 0 Å². The van der Waals surface area contributed by atoms with Crippen LogP contribution in [0.3, 0.4) is 0 Å². The van der Waals surface area contributed by atoms with Crippen molar-refractivity contribution in [2.24, 2.45) is 0 Å². The maximum Gasteiger partial charge on any atom is 0.255 e. The van der Waals surface area contributed by atoms with Gasteiger partial charge in [-0.3, -0.25) is 9.78 Å². The largest absolute Gasteiger partial charge is 0.497 e. The number of anilines is 1. The maximum atomic E-state index is 12.3. The number of hydrogen-bond donors (Lipinski definition) is 1. The topological polar surface area (TPSA) is 63.7 Å². The predicted octanol–water partition coefficient (Wildman–Crippen LogP) is 3.06. The van der Waals surface area contributed by atoms with E-state index >= 15 is 0 Å². The molecular formula is C19H25N3O3. The normalized spacial score (nSPS) is 10.2. The van der Waals surface area contributed by atoms with Crippen LogP contribution in [0.1, 0.15) is 24.2 Å². The molecule has 1 amide bonds. The Hall–Kier alpha value is -2.76. The molecule has 6 heteroatoms. The van der Waals surface area contributed by atoms with Gasteiger partial charge >= 0.3 is 0 Å². The van der Waals surface area contributed by atoms with Crippen molar-refractivity contribution < 1.29 is 14.3 Å². The average Bonchev–Trinajstić information content (AvgIpc) is 2.67. The van der Waals surface area contributed by atoms with E-state index in [4.69, 9.17) is 9.47 Å². The van der Waals surface area contributed by atoms with Crippen LogP contribution < -0.4 is 14.8 Å². The molecule has 0 spiro atoms. The first-order valence-electron chi connectivity index (χ1n) is 8.43. The summed E-state index contributed by atoms with van der Waals surface area (Å²) in [4.78, 5) is 18.3. The summed E-state index contributed by atoms with van der Waals surface area (Å²) in [6, 6.07) is 9.26. The van der Waals surface area contributed by atoms with Gasteiger partial charge in [-0.1, -0.05) is 0 Å². The molecule has 2 aromatic rings. The van der Waals surface area contributed by atoms with Gasteiger partial charge in [0.1, 0.15) is 18.1 Å². The van der Waals surface area contributed by atoms with E-state index in [2.05, 4.69) is 10.3 Å². The van der Waals surface area contributed by atoms with Gasteiger partial charge in [0.25, 0.3) is 5.91 Å². The van der Waals surface area contributed by atoms with E-state index < -0.39 is 0 Å². The SMILES string of the molecule is CCN(CC)C(=O)c1cncc(NCCOc2ccc(OC)cc2)c1. The van der Waals surface area contributed by atoms with E-state index in [1.807, 2.05) is 44.2 Å². The molecule has 2 rings (SSSR count). The standard InChI is InChI=1S/C19H25N3O3/c1-4-22(5-2)19(23)15-12-16(14-20-13-15)21-10-11-25-18-8-6-17(24-3)7-9-18/h6-9,12-14,21H,4-5,10-11H2,1-3H3. The van der Waals surface area contributed by atoms with Crippen LogP contribution in [0.4, 0.5) is 5.69 Å². The van der Waals surface area contributed by atoms with Crippen molar-refractivity contribution in [3.05, 3.63) is 48.3 Å². The summed E-state index contributed by atoms with van der Waals surface area (Å²) < 4.78 is 10.8. The molecular weight excluding hydrogens is 318 g/mol. The molecule has 0 aliphatic heterocycles. The van der Waals surface area contributed by atoms with Gasteiger partial charge < -0.3 is 19.7 Å². The Morgan fingerprint density at radius 1 is 1.12 bits per heavy atom. The number of nitrogens with zero attached hydrogens (tertiary/aromatic N) is 2. The zero-order valence-corrected chi connectivity index (χ0v) is 15.0. The lowest BCUT2D eigenvalue weighted by atomic mass is 10.2. The molecule has 25 heavy (non-hydrogen) atoms. The van der Waals surface area contributed by atoms with Crippen molar-refractivity contribution in [1.29, 1.82) is 0 Å². The van der Waals surface area contributed by atoms with Gasteiger partial charge in [-0.2, -0.15) is 0 Å². The van der Waals surface area contributed by atoms with E-state index in [9.17, 15) is 4.79 Å². The second-order valence-corrected chi connectivity index (χ2v) is 5.39. The van der Waals surface area contributed by atoms with Crippen LogP contribution in [-0.2, 0) is 0 Å². The van der Waals surface area contributed by atoms with Gasteiger partial charge in [-0.15, -0.1) is 0 Å². The molecule has 0 aliphatic rings. The lowest BCUT2D eigenvalue weighted by Gasteiger charge is -2.18. The number of benzene rings is 1. The minimum absolute atomic E-state index is 0.00404. The third-order valence-electron chi connectivity index (χ3n) is 3.80. The summed E-state index contributed by atoms with van der Waals surface area (Å²) in [5.41, 5.74) is 1.39. The van der Waals surface area contributed by atoms with E-state index in [1.165, 1.54) is 0 Å². The number of hydrogen-bond acceptors (Lipinski definition) is 5. The summed E-state index contributed by atoms with van der Waals surface area (Å²) >= 11 is 0. The van der Waals surface area contributed by atoms with Crippen molar-refractivity contribution in [3.8, 4) is 11.5 Å². The van der Waals surface area contributed by atoms with Crippen LogP contribution in [0.2, 0.25) is 0 Å². The number of carbonyl (C=O) groups excluding carboxylic acids is 1. The Bertz CT molecular complexity index is 670. The second kappa shape index (κ2) is 9.52. The molecule has 1 N–H and O–H groups in total. The van der Waals surface area contributed by atoms with Gasteiger partial charge in [0, 0.05) is 32.0 Å². The third-order valence-corrected chi connectivity index (χ3v) is 3.80. The lowest BCUT2D eigenvalue weighted by Crippen LogP contribution is -2.30. The molecule has 0 fully saturated rings. The molecule has 1 heterocycles. The molecule has 0 saturated heterocycles. The molecule has 0 aliphatic carbocycles. The van der Waals surface area contributed by atoms with Crippen molar-refractivity contribution in [2.75, 3.05) is 38.7 Å². The van der Waals surface area contributed by atoms with Crippen molar-refractivity contribution in [3.63, 3.8) is 0 Å². The van der Waals surface area contributed by atoms with Crippen LogP contribution in [0, 0.1) is 0 Å². The molecule has 0 radical (unpaired) electrons. The molecule has 1 aromatic heterocycles. The zero-order chi connectivity index (χ0) is 18.1. The highest BCUT2D eigenvalue weighted by Gasteiger charge is 2.13. The fourth-order valence-corrected chi connectivity index (χ4v) is 2.38. The molecule has 0 atom stereocenters. The Morgan fingerprint density at radius 2 is 1.80 bits per heavy atom. The van der Waals surface area contributed by atoms with E-state index in [1.54, 1.807) is 24.4 Å². The summed E-state index contributed by atoms with van der Waals surface area (Å²) in [5, 5.41) is 3.22. The number of pyridine rings is 1. The average molecular weight is 343 g/mol. The third kappa shape index (κ3) is 5.38. The predicted molar refractivity (Wildman–Crippen MR) is 98.5 cm³/mol. The number of rotatable bonds is 9. The van der Waals surface area contributed by atoms with Crippen LogP contribution >= 0.6 is 0 Å². The monoisotopic (exact) mass is 343 g/mol. The molecule has 6 nitrogen and oxygen atoms in total. The first kappa shape index (κ1) is 18.6. The molecule has 134 valence electrons. The number of aromatic nitrogens is 1. The number of nitrogens with one attached hydrogen (secondary N) is 1. The highest BCUT2D eigenvalue weighted by atomic mass is 16.5. The number of methoxy groups -OCH3 is 1. The fourth-order valence-electron chi connectivity index (χ4n) is 2.38. The van der Waals surface area contributed by atoms with Crippen LogP contribution in [0.5, 0.6) is 11.5 Å². The highest BCUT2D eigenvalue weighted by molar-refractivity contribution is 5.94. The smallest absolute Gasteiger partial charge is 0.255 e. The Morgan fingerprint density at radius 3 is 2.44 bits per heavy atom. The quantitative estimate of drug-likeness (QED) is 0.709. The first-order valence-corrected chi connectivity index (χ1v) is 8.43. The Kier molecular flexibility index (Phi) is 7.07. The number of amides is 1. The minimum atomic E-state index is -0.00404. The van der Waals surface area contributed by atoms with Crippen LogP contribution in [0.25, 0.3) is 0 Å². The van der Waals surface area contributed by atoms with E-state index in [0.29, 0.717) is 31.8 Å². The summed E-state index contributed by atoms with van der Waals surface area (Å²) in [6.07, 6.45) is 3.30. The first-order chi connectivity index (χ1) is 12.2. The molecule has 0 unspecified atom stereocenters. The van der Waals surface area contributed by atoms with Gasteiger partial charge in [0.05, 0.1) is 18.4 Å². The highest BCUT2D eigenvalue weighted by Crippen LogP contribution is 2.17. The Labute approximate surface area is 148 Å². The number of ether oxygens (including phenoxy) is 2. The van der Waals surface area contributed by atoms with Crippen LogP contribution in [0.15, 0.2) is 42.7 Å². The molecule has 0 saturated carbocycles. The summed E-state index contributed by atoms with van der Waals surface area (Å²) in [5.74, 6) is 1.58. The van der Waals surface area contributed by atoms with Crippen molar-refractivity contribution >= 4 is 11.6 Å². The van der Waals surface area contributed by atoms with Crippen LogP contribution in [-0.4, -0.2) is 49.1 Å². The van der Waals surface area contributed by atoms with Gasteiger partial charge in [-0.25, -0.2) is 0 Å². The minimum Gasteiger partial charge on any atom is -0.497 e. The van der Waals surface area contributed by atoms with Gasteiger partial charge in [-0.05, 0) is 44.2 Å². The van der Waals surface area contributed by atoms with Gasteiger partial charge in [0.15, 0.2) is 0 Å². The summed E-state index contributed by atoms with van der Waals surface area (Å²) in [6.45, 7) is 6.41. The Balaban J connectivity index is 1.84. The number of carbonyl (C=O) groups is 1. The summed E-state index contributed by atoms with van der Waals surface area (Å²) in [7, 11) is 1.63. The van der Waals surface area contributed by atoms with E-state index in [-0.39, 0.29) is 5.91 Å². The maximum absolute atomic E-state index is 12.3. The lowest BCUT2D eigenvalue weighted by molar-refractivity contribution is 0.0772. The molecule has 0 bridgehead atoms.